The second-order valence-corrected chi connectivity index (χ2v) is 3.86. The van der Waals surface area contributed by atoms with Gasteiger partial charge < -0.3 is 15.6 Å². The third kappa shape index (κ3) is 2.56. The lowest BCUT2D eigenvalue weighted by molar-refractivity contribution is 0.0906. The molecule has 0 fully saturated rings. The third-order valence-corrected chi connectivity index (χ3v) is 1.82. The normalized spacial score (nSPS) is 11.4. The van der Waals surface area contributed by atoms with Crippen molar-refractivity contribution in [3.63, 3.8) is 0 Å². The van der Waals surface area contributed by atoms with Crippen LogP contribution in [0.3, 0.4) is 0 Å². The fraction of sp³-hybridized carbons (Fsp3) is 0.556. The molecule has 5 heteroatoms. The van der Waals surface area contributed by atoms with Crippen molar-refractivity contribution in [2.75, 3.05) is 6.54 Å². The molecular weight excluding hydrogens is 182 g/mol. The van der Waals surface area contributed by atoms with E-state index in [0.717, 1.165) is 0 Å². The smallest absolute Gasteiger partial charge is 0.273 e. The molecule has 0 aliphatic rings. The fourth-order valence-electron chi connectivity index (χ4n) is 0.896. The van der Waals surface area contributed by atoms with Crippen LogP contribution in [0.5, 0.6) is 0 Å². The van der Waals surface area contributed by atoms with Gasteiger partial charge in [0.05, 0.1) is 0 Å². The van der Waals surface area contributed by atoms with Gasteiger partial charge in [0, 0.05) is 18.2 Å². The lowest BCUT2D eigenvalue weighted by Crippen LogP contribution is -2.48. The van der Waals surface area contributed by atoms with Gasteiger partial charge in [-0.15, -0.1) is 0 Å². The minimum Gasteiger partial charge on any atom is -0.361 e. The van der Waals surface area contributed by atoms with Crippen LogP contribution in [0.1, 0.15) is 30.1 Å². The maximum atomic E-state index is 11.5. The number of carbonyl (C=O) groups excluding carboxylic acids is 1. The quantitative estimate of drug-likeness (QED) is 0.737. The van der Waals surface area contributed by atoms with Crippen LogP contribution in [0.15, 0.2) is 10.6 Å². The molecule has 1 aromatic heterocycles. The Morgan fingerprint density at radius 3 is 2.79 bits per heavy atom. The van der Waals surface area contributed by atoms with Crippen molar-refractivity contribution in [1.82, 2.24) is 10.5 Å². The Labute approximate surface area is 82.6 Å². The molecule has 0 atom stereocenters. The van der Waals surface area contributed by atoms with E-state index in [1.54, 1.807) is 13.0 Å². The molecule has 0 spiro atoms. The van der Waals surface area contributed by atoms with Crippen molar-refractivity contribution in [1.29, 1.82) is 0 Å². The SMILES string of the molecule is Cc1cc(C(=O)NC(C)(C)CN)no1. The highest BCUT2D eigenvalue weighted by Crippen LogP contribution is 2.04. The van der Waals surface area contributed by atoms with Crippen LogP contribution in [0.25, 0.3) is 0 Å². The number of hydrogen-bond donors (Lipinski definition) is 2. The third-order valence-electron chi connectivity index (χ3n) is 1.82. The standard InChI is InChI=1S/C9H15N3O2/c1-6-4-7(12-14-6)8(13)11-9(2,3)5-10/h4H,5,10H2,1-3H3,(H,11,13). The van der Waals surface area contributed by atoms with Gasteiger partial charge in [-0.1, -0.05) is 5.16 Å². The van der Waals surface area contributed by atoms with Gasteiger partial charge in [0.25, 0.3) is 5.91 Å². The Hall–Kier alpha value is -1.36. The molecule has 1 rings (SSSR count). The molecule has 1 aromatic rings. The van der Waals surface area contributed by atoms with E-state index < -0.39 is 5.54 Å². The summed E-state index contributed by atoms with van der Waals surface area (Å²) < 4.78 is 4.79. The van der Waals surface area contributed by atoms with E-state index in [9.17, 15) is 4.79 Å². The second kappa shape index (κ2) is 3.79. The Bertz CT molecular complexity index is 331. The monoisotopic (exact) mass is 197 g/mol. The van der Waals surface area contributed by atoms with E-state index in [4.69, 9.17) is 10.3 Å². The average molecular weight is 197 g/mol. The van der Waals surface area contributed by atoms with Crippen LogP contribution < -0.4 is 11.1 Å². The number of amides is 1. The molecule has 0 unspecified atom stereocenters. The Morgan fingerprint density at radius 2 is 2.36 bits per heavy atom. The minimum absolute atomic E-state index is 0.266. The molecule has 0 aliphatic heterocycles. The number of nitrogens with two attached hydrogens (primary N) is 1. The van der Waals surface area contributed by atoms with Crippen molar-refractivity contribution < 1.29 is 9.32 Å². The molecule has 14 heavy (non-hydrogen) atoms. The number of aryl methyl sites for hydroxylation is 1. The van der Waals surface area contributed by atoms with E-state index in [1.165, 1.54) is 0 Å². The van der Waals surface area contributed by atoms with E-state index >= 15 is 0 Å². The van der Waals surface area contributed by atoms with Gasteiger partial charge in [0.1, 0.15) is 5.76 Å². The molecule has 3 N–H and O–H groups in total. The lowest BCUT2D eigenvalue weighted by atomic mass is 10.1. The fourth-order valence-corrected chi connectivity index (χ4v) is 0.896. The van der Waals surface area contributed by atoms with E-state index in [0.29, 0.717) is 12.3 Å². The highest BCUT2D eigenvalue weighted by atomic mass is 16.5. The highest BCUT2D eigenvalue weighted by Gasteiger charge is 2.20. The summed E-state index contributed by atoms with van der Waals surface area (Å²) in [4.78, 5) is 11.5. The van der Waals surface area contributed by atoms with Crippen LogP contribution in [0.2, 0.25) is 0 Å². The average Bonchev–Trinajstić information content (AvgIpc) is 2.51. The number of hydrogen-bond acceptors (Lipinski definition) is 4. The zero-order chi connectivity index (χ0) is 10.8. The molecular formula is C9H15N3O2. The molecule has 0 bridgehead atoms. The van der Waals surface area contributed by atoms with Gasteiger partial charge in [0.15, 0.2) is 5.69 Å². The van der Waals surface area contributed by atoms with Crippen molar-refractivity contribution in [3.05, 3.63) is 17.5 Å². The van der Waals surface area contributed by atoms with Gasteiger partial charge in [-0.3, -0.25) is 4.79 Å². The summed E-state index contributed by atoms with van der Waals surface area (Å²) in [5.74, 6) is 0.345. The van der Waals surface area contributed by atoms with Crippen LogP contribution in [-0.2, 0) is 0 Å². The predicted molar refractivity (Wildman–Crippen MR) is 51.8 cm³/mol. The van der Waals surface area contributed by atoms with Gasteiger partial charge in [-0.05, 0) is 20.8 Å². The zero-order valence-corrected chi connectivity index (χ0v) is 8.63. The summed E-state index contributed by atoms with van der Waals surface area (Å²) in [6.07, 6.45) is 0. The molecule has 0 aliphatic carbocycles. The first kappa shape index (κ1) is 10.7. The molecule has 5 nitrogen and oxygen atoms in total. The minimum atomic E-state index is -0.427. The molecule has 78 valence electrons. The molecule has 1 amide bonds. The van der Waals surface area contributed by atoms with Gasteiger partial charge in [-0.2, -0.15) is 0 Å². The number of nitrogens with zero attached hydrogens (tertiary/aromatic N) is 1. The van der Waals surface area contributed by atoms with E-state index in [1.807, 2.05) is 13.8 Å². The topological polar surface area (TPSA) is 81.2 Å². The first-order chi connectivity index (χ1) is 6.44. The van der Waals surface area contributed by atoms with Crippen LogP contribution in [0.4, 0.5) is 0 Å². The predicted octanol–water partition coefficient (Wildman–Crippen LogP) is 0.450. The molecule has 0 saturated carbocycles. The summed E-state index contributed by atoms with van der Waals surface area (Å²) in [6, 6.07) is 1.59. The summed E-state index contributed by atoms with van der Waals surface area (Å²) in [5.41, 5.74) is 5.33. The zero-order valence-electron chi connectivity index (χ0n) is 8.63. The summed E-state index contributed by atoms with van der Waals surface area (Å²) in [5, 5.41) is 6.36. The molecule has 0 aromatic carbocycles. The van der Waals surface area contributed by atoms with Crippen LogP contribution >= 0.6 is 0 Å². The number of rotatable bonds is 3. The molecule has 1 heterocycles. The summed E-state index contributed by atoms with van der Waals surface area (Å²) in [7, 11) is 0. The Balaban J connectivity index is 2.68. The molecule has 0 radical (unpaired) electrons. The summed E-state index contributed by atoms with van der Waals surface area (Å²) in [6.45, 7) is 5.79. The molecule has 0 saturated heterocycles. The maximum absolute atomic E-state index is 11.5. The first-order valence-electron chi connectivity index (χ1n) is 4.40. The van der Waals surface area contributed by atoms with Crippen LogP contribution in [-0.4, -0.2) is 23.1 Å². The number of aromatic nitrogens is 1. The van der Waals surface area contributed by atoms with Crippen molar-refractivity contribution in [3.8, 4) is 0 Å². The van der Waals surface area contributed by atoms with Crippen molar-refractivity contribution in [2.24, 2.45) is 5.73 Å². The second-order valence-electron chi connectivity index (χ2n) is 3.86. The van der Waals surface area contributed by atoms with E-state index in [2.05, 4.69) is 10.5 Å². The first-order valence-corrected chi connectivity index (χ1v) is 4.40. The maximum Gasteiger partial charge on any atom is 0.273 e. The Morgan fingerprint density at radius 1 is 1.71 bits per heavy atom. The van der Waals surface area contributed by atoms with E-state index in [-0.39, 0.29) is 11.6 Å². The lowest BCUT2D eigenvalue weighted by Gasteiger charge is -2.23. The Kier molecular flexibility index (Phi) is 2.90. The largest absolute Gasteiger partial charge is 0.361 e. The number of nitrogens with one attached hydrogen (secondary N) is 1. The van der Waals surface area contributed by atoms with Crippen molar-refractivity contribution >= 4 is 5.91 Å². The van der Waals surface area contributed by atoms with Gasteiger partial charge in [0.2, 0.25) is 0 Å². The van der Waals surface area contributed by atoms with Gasteiger partial charge in [-0.25, -0.2) is 0 Å². The summed E-state index contributed by atoms with van der Waals surface area (Å²) >= 11 is 0. The van der Waals surface area contributed by atoms with Crippen LogP contribution in [0, 0.1) is 6.92 Å². The highest BCUT2D eigenvalue weighted by molar-refractivity contribution is 5.92. The van der Waals surface area contributed by atoms with Gasteiger partial charge >= 0.3 is 0 Å². The number of carbonyl (C=O) groups is 1. The van der Waals surface area contributed by atoms with Crippen molar-refractivity contribution in [2.45, 2.75) is 26.3 Å².